The molecule has 2 nitrogen and oxygen atoms in total. The zero-order valence-electron chi connectivity index (χ0n) is 13.0. The summed E-state index contributed by atoms with van der Waals surface area (Å²) >= 11 is 6.20. The lowest BCUT2D eigenvalue weighted by Crippen LogP contribution is -2.40. The summed E-state index contributed by atoms with van der Waals surface area (Å²) in [6, 6.07) is 7.52. The van der Waals surface area contributed by atoms with Crippen molar-refractivity contribution in [3.63, 3.8) is 0 Å². The van der Waals surface area contributed by atoms with Gasteiger partial charge in [-0.05, 0) is 49.4 Å². The third-order valence-electron chi connectivity index (χ3n) is 4.15. The van der Waals surface area contributed by atoms with Crippen molar-refractivity contribution in [3.05, 3.63) is 28.8 Å². The fraction of sp³-hybridized carbons (Fsp3) is 0.647. The maximum Gasteiger partial charge on any atom is 0.0415 e. The van der Waals surface area contributed by atoms with Crippen LogP contribution in [0.3, 0.4) is 0 Å². The first-order valence-electron chi connectivity index (χ1n) is 7.90. The van der Waals surface area contributed by atoms with Crippen LogP contribution in [-0.2, 0) is 6.54 Å². The molecule has 1 N–H and O–H groups in total. The van der Waals surface area contributed by atoms with Gasteiger partial charge in [-0.3, -0.25) is 0 Å². The van der Waals surface area contributed by atoms with Gasteiger partial charge < -0.3 is 10.2 Å². The maximum atomic E-state index is 6.20. The van der Waals surface area contributed by atoms with E-state index < -0.39 is 0 Å². The molecule has 0 aromatic heterocycles. The Morgan fingerprint density at radius 1 is 1.35 bits per heavy atom. The molecule has 0 spiro atoms. The van der Waals surface area contributed by atoms with Gasteiger partial charge >= 0.3 is 0 Å². The van der Waals surface area contributed by atoms with Crippen LogP contribution in [0.25, 0.3) is 0 Å². The van der Waals surface area contributed by atoms with Crippen LogP contribution in [-0.4, -0.2) is 18.6 Å². The van der Waals surface area contributed by atoms with E-state index >= 15 is 0 Å². The van der Waals surface area contributed by atoms with Crippen LogP contribution in [0, 0.1) is 0 Å². The molecule has 0 radical (unpaired) electrons. The summed E-state index contributed by atoms with van der Waals surface area (Å²) in [4.78, 5) is 2.59. The lowest BCUT2D eigenvalue weighted by atomic mass is 9.98. The zero-order valence-corrected chi connectivity index (χ0v) is 13.7. The van der Waals surface area contributed by atoms with Crippen LogP contribution in [0.1, 0.15) is 52.0 Å². The average molecular weight is 295 g/mol. The number of benzene rings is 1. The van der Waals surface area contributed by atoms with Crippen molar-refractivity contribution in [1.29, 1.82) is 0 Å². The van der Waals surface area contributed by atoms with E-state index in [1.54, 1.807) is 0 Å². The molecular weight excluding hydrogens is 268 g/mol. The van der Waals surface area contributed by atoms with Gasteiger partial charge in [0.1, 0.15) is 0 Å². The molecule has 0 bridgehead atoms. The summed E-state index contributed by atoms with van der Waals surface area (Å²) in [5.41, 5.74) is 2.70. The van der Waals surface area contributed by atoms with E-state index in [0.29, 0.717) is 12.1 Å². The van der Waals surface area contributed by atoms with Gasteiger partial charge in [-0.1, -0.05) is 32.4 Å². The van der Waals surface area contributed by atoms with Crippen LogP contribution in [0.2, 0.25) is 5.02 Å². The third-order valence-corrected chi connectivity index (χ3v) is 4.39. The van der Waals surface area contributed by atoms with Crippen LogP contribution in [0.4, 0.5) is 5.69 Å². The number of rotatable bonds is 5. The van der Waals surface area contributed by atoms with Crippen molar-refractivity contribution in [2.45, 2.75) is 65.1 Å². The molecule has 1 heterocycles. The summed E-state index contributed by atoms with van der Waals surface area (Å²) in [6.07, 6.45) is 5.20. The molecule has 3 heteroatoms. The van der Waals surface area contributed by atoms with Crippen molar-refractivity contribution in [3.8, 4) is 0 Å². The van der Waals surface area contributed by atoms with Crippen LogP contribution in [0.5, 0.6) is 0 Å². The topological polar surface area (TPSA) is 15.3 Å². The average Bonchev–Trinajstić information content (AvgIpc) is 2.45. The Bertz CT molecular complexity index is 431. The minimum atomic E-state index is 0.491. The SMILES string of the molecule is CCC1CCCCN1c1ccc(Cl)cc1CNC(C)C. The Hall–Kier alpha value is -0.730. The van der Waals surface area contributed by atoms with E-state index in [2.05, 4.69) is 43.1 Å². The number of nitrogens with one attached hydrogen (secondary N) is 1. The molecule has 1 aliphatic rings. The molecule has 112 valence electrons. The Morgan fingerprint density at radius 2 is 2.15 bits per heavy atom. The highest BCUT2D eigenvalue weighted by Gasteiger charge is 2.23. The van der Waals surface area contributed by atoms with Gasteiger partial charge in [-0.2, -0.15) is 0 Å². The molecular formula is C17H27ClN2. The lowest BCUT2D eigenvalue weighted by molar-refractivity contribution is 0.448. The largest absolute Gasteiger partial charge is 0.368 e. The van der Waals surface area contributed by atoms with Crippen LogP contribution >= 0.6 is 11.6 Å². The first-order chi connectivity index (χ1) is 9.61. The Labute approximate surface area is 128 Å². The second-order valence-electron chi connectivity index (χ2n) is 6.06. The fourth-order valence-electron chi connectivity index (χ4n) is 3.03. The van der Waals surface area contributed by atoms with Crippen LogP contribution in [0.15, 0.2) is 18.2 Å². The standard InChI is InChI=1S/C17H27ClN2/c1-4-16-7-5-6-10-20(16)17-9-8-15(18)11-14(17)12-19-13(2)3/h8-9,11,13,16,19H,4-7,10,12H2,1-3H3. The summed E-state index contributed by atoms with van der Waals surface area (Å²) in [6.45, 7) is 8.72. The van der Waals surface area contributed by atoms with E-state index in [1.165, 1.54) is 43.5 Å². The molecule has 20 heavy (non-hydrogen) atoms. The van der Waals surface area contributed by atoms with E-state index in [9.17, 15) is 0 Å². The van der Waals surface area contributed by atoms with Gasteiger partial charge in [-0.25, -0.2) is 0 Å². The number of anilines is 1. The highest BCUT2D eigenvalue weighted by molar-refractivity contribution is 6.30. The minimum absolute atomic E-state index is 0.491. The number of hydrogen-bond donors (Lipinski definition) is 1. The highest BCUT2D eigenvalue weighted by Crippen LogP contribution is 2.31. The molecule has 0 aliphatic carbocycles. The van der Waals surface area contributed by atoms with Crippen molar-refractivity contribution >= 4 is 17.3 Å². The molecule has 0 saturated carbocycles. The second kappa shape index (κ2) is 7.33. The van der Waals surface area contributed by atoms with Gasteiger partial charge in [0.25, 0.3) is 0 Å². The van der Waals surface area contributed by atoms with Crippen LogP contribution < -0.4 is 10.2 Å². The predicted molar refractivity (Wildman–Crippen MR) is 88.7 cm³/mol. The first-order valence-corrected chi connectivity index (χ1v) is 8.28. The lowest BCUT2D eigenvalue weighted by Gasteiger charge is -2.38. The van der Waals surface area contributed by atoms with Gasteiger partial charge in [-0.15, -0.1) is 0 Å². The summed E-state index contributed by atoms with van der Waals surface area (Å²) in [7, 11) is 0. The number of hydrogen-bond acceptors (Lipinski definition) is 2. The maximum absolute atomic E-state index is 6.20. The Balaban J connectivity index is 2.24. The van der Waals surface area contributed by atoms with Crippen molar-refractivity contribution in [1.82, 2.24) is 5.32 Å². The van der Waals surface area contributed by atoms with E-state index in [0.717, 1.165) is 11.6 Å². The van der Waals surface area contributed by atoms with Crippen molar-refractivity contribution in [2.24, 2.45) is 0 Å². The number of piperidine rings is 1. The zero-order chi connectivity index (χ0) is 14.5. The van der Waals surface area contributed by atoms with Gasteiger partial charge in [0.2, 0.25) is 0 Å². The van der Waals surface area contributed by atoms with Crippen molar-refractivity contribution in [2.75, 3.05) is 11.4 Å². The predicted octanol–water partition coefficient (Wildman–Crippen LogP) is 4.61. The van der Waals surface area contributed by atoms with Gasteiger partial charge in [0.05, 0.1) is 0 Å². The molecule has 2 rings (SSSR count). The fourth-order valence-corrected chi connectivity index (χ4v) is 3.23. The third kappa shape index (κ3) is 3.89. The first kappa shape index (κ1) is 15.7. The van der Waals surface area contributed by atoms with Gasteiger partial charge in [0.15, 0.2) is 0 Å². The summed E-state index contributed by atoms with van der Waals surface area (Å²) < 4.78 is 0. The smallest absolute Gasteiger partial charge is 0.0415 e. The molecule has 0 amide bonds. The second-order valence-corrected chi connectivity index (χ2v) is 6.50. The molecule has 1 saturated heterocycles. The molecule has 1 fully saturated rings. The van der Waals surface area contributed by atoms with E-state index in [-0.39, 0.29) is 0 Å². The Kier molecular flexibility index (Phi) is 5.74. The van der Waals surface area contributed by atoms with Gasteiger partial charge in [0, 0.05) is 35.9 Å². The Morgan fingerprint density at radius 3 is 2.85 bits per heavy atom. The monoisotopic (exact) mass is 294 g/mol. The van der Waals surface area contributed by atoms with E-state index in [1.807, 2.05) is 6.07 Å². The summed E-state index contributed by atoms with van der Waals surface area (Å²) in [5.74, 6) is 0. The molecule has 1 aromatic rings. The highest BCUT2D eigenvalue weighted by atomic mass is 35.5. The van der Waals surface area contributed by atoms with Crippen molar-refractivity contribution < 1.29 is 0 Å². The molecule has 1 atom stereocenters. The molecule has 1 aliphatic heterocycles. The molecule has 1 aromatic carbocycles. The number of nitrogens with zero attached hydrogens (tertiary/aromatic N) is 1. The van der Waals surface area contributed by atoms with E-state index in [4.69, 9.17) is 11.6 Å². The normalized spacial score (nSPS) is 19.6. The molecule has 1 unspecified atom stereocenters. The summed E-state index contributed by atoms with van der Waals surface area (Å²) in [5, 5.41) is 4.35. The minimum Gasteiger partial charge on any atom is -0.368 e. The quantitative estimate of drug-likeness (QED) is 0.853. The number of halogens is 1.